The number of piperidine rings is 2. The summed E-state index contributed by atoms with van der Waals surface area (Å²) in [5.41, 5.74) is -0.958. The first-order valence-electron chi connectivity index (χ1n) is 9.56. The first-order valence-corrected chi connectivity index (χ1v) is 10.4. The lowest BCUT2D eigenvalue weighted by Gasteiger charge is -2.51. The number of nitrogens with zero attached hydrogens (tertiary/aromatic N) is 4. The highest BCUT2D eigenvalue weighted by Gasteiger charge is 2.57. The lowest BCUT2D eigenvalue weighted by molar-refractivity contribution is -0.188. The van der Waals surface area contributed by atoms with Crippen molar-refractivity contribution in [1.82, 2.24) is 20.0 Å². The Hall–Kier alpha value is -1.35. The van der Waals surface area contributed by atoms with Crippen molar-refractivity contribution >= 4 is 22.0 Å². The lowest BCUT2D eigenvalue weighted by Crippen LogP contribution is -2.59. The van der Waals surface area contributed by atoms with Crippen LogP contribution >= 0.6 is 15.9 Å². The molecule has 6 nitrogen and oxygen atoms in total. The molecule has 9 heteroatoms. The van der Waals surface area contributed by atoms with E-state index in [1.807, 2.05) is 0 Å². The molecule has 2 fully saturated rings. The molecule has 0 unspecified atom stereocenters. The third-order valence-corrected chi connectivity index (χ3v) is 5.97. The van der Waals surface area contributed by atoms with Crippen molar-refractivity contribution in [3.63, 3.8) is 0 Å². The molecule has 2 aliphatic heterocycles. The van der Waals surface area contributed by atoms with Gasteiger partial charge in [0.25, 0.3) is 5.92 Å². The molecular formula is C19H27BrF2N4O2. The number of aromatic nitrogens is 2. The van der Waals surface area contributed by atoms with Gasteiger partial charge in [-0.05, 0) is 74.6 Å². The van der Waals surface area contributed by atoms with Crippen LogP contribution in [0.15, 0.2) is 16.7 Å². The van der Waals surface area contributed by atoms with Crippen LogP contribution in [0.1, 0.15) is 45.7 Å². The number of amides is 1. The molecule has 156 valence electrons. The molecule has 2 saturated heterocycles. The SMILES string of the molecule is CC(C)(C)OC(=O)N1CCC2(CCN(Cc3ccc(Br)nn3)CC2(F)F)CC1. The third kappa shape index (κ3) is 4.79. The van der Waals surface area contributed by atoms with Crippen molar-refractivity contribution in [2.75, 3.05) is 26.2 Å². The second-order valence-corrected chi connectivity index (χ2v) is 9.57. The molecular weight excluding hydrogens is 434 g/mol. The molecule has 1 amide bonds. The molecule has 0 saturated carbocycles. The molecule has 0 radical (unpaired) electrons. The highest BCUT2D eigenvalue weighted by Crippen LogP contribution is 2.51. The largest absolute Gasteiger partial charge is 0.444 e. The maximum Gasteiger partial charge on any atom is 0.410 e. The Labute approximate surface area is 172 Å². The van der Waals surface area contributed by atoms with Gasteiger partial charge in [0.1, 0.15) is 10.2 Å². The van der Waals surface area contributed by atoms with Gasteiger partial charge in [-0.1, -0.05) is 0 Å². The molecule has 0 N–H and O–H groups in total. The summed E-state index contributed by atoms with van der Waals surface area (Å²) in [6, 6.07) is 3.55. The van der Waals surface area contributed by atoms with Crippen LogP contribution in [0.3, 0.4) is 0 Å². The molecule has 0 aromatic carbocycles. The Morgan fingerprint density at radius 1 is 1.18 bits per heavy atom. The quantitative estimate of drug-likeness (QED) is 0.664. The summed E-state index contributed by atoms with van der Waals surface area (Å²) in [5, 5.41) is 7.96. The van der Waals surface area contributed by atoms with E-state index in [1.54, 1.807) is 42.7 Å². The predicted octanol–water partition coefficient (Wildman–Crippen LogP) is 4.10. The van der Waals surface area contributed by atoms with Gasteiger partial charge in [0.05, 0.1) is 12.2 Å². The second kappa shape index (κ2) is 7.82. The first-order chi connectivity index (χ1) is 13.0. The van der Waals surface area contributed by atoms with Crippen LogP contribution in [-0.2, 0) is 11.3 Å². The molecule has 1 spiro atoms. The van der Waals surface area contributed by atoms with E-state index in [1.165, 1.54) is 0 Å². The van der Waals surface area contributed by atoms with Crippen molar-refractivity contribution in [3.8, 4) is 0 Å². The van der Waals surface area contributed by atoms with Gasteiger partial charge in [0.2, 0.25) is 0 Å². The van der Waals surface area contributed by atoms with Crippen LogP contribution in [0.2, 0.25) is 0 Å². The van der Waals surface area contributed by atoms with Crippen molar-refractivity contribution in [1.29, 1.82) is 0 Å². The molecule has 28 heavy (non-hydrogen) atoms. The van der Waals surface area contributed by atoms with Gasteiger partial charge < -0.3 is 9.64 Å². The van der Waals surface area contributed by atoms with E-state index in [0.29, 0.717) is 55.7 Å². The molecule has 3 heterocycles. The second-order valence-electron chi connectivity index (χ2n) is 8.76. The van der Waals surface area contributed by atoms with E-state index in [9.17, 15) is 4.79 Å². The summed E-state index contributed by atoms with van der Waals surface area (Å²) >= 11 is 3.22. The Morgan fingerprint density at radius 2 is 1.82 bits per heavy atom. The van der Waals surface area contributed by atoms with Gasteiger partial charge in [-0.2, -0.15) is 5.10 Å². The standard InChI is InChI=1S/C19H27BrF2N4O2/c1-17(2,3)28-16(27)26-10-7-18(8-11-26)6-9-25(13-19(18,21)22)12-14-4-5-15(20)24-23-14/h4-5H,6-13H2,1-3H3. The minimum atomic E-state index is -2.81. The zero-order chi connectivity index (χ0) is 20.6. The summed E-state index contributed by atoms with van der Waals surface area (Å²) in [6.07, 6.45) is 0.583. The Kier molecular flexibility index (Phi) is 5.96. The predicted molar refractivity (Wildman–Crippen MR) is 104 cm³/mol. The van der Waals surface area contributed by atoms with Crippen LogP contribution in [-0.4, -0.2) is 63.8 Å². The zero-order valence-electron chi connectivity index (χ0n) is 16.6. The van der Waals surface area contributed by atoms with Crippen LogP contribution in [0, 0.1) is 5.41 Å². The molecule has 3 rings (SSSR count). The number of ether oxygens (including phenoxy) is 1. The fraction of sp³-hybridized carbons (Fsp3) is 0.737. The summed E-state index contributed by atoms with van der Waals surface area (Å²) < 4.78 is 36.3. The average molecular weight is 461 g/mol. The number of halogens is 3. The topological polar surface area (TPSA) is 58.6 Å². The fourth-order valence-corrected chi connectivity index (χ4v) is 4.15. The van der Waals surface area contributed by atoms with E-state index in [-0.39, 0.29) is 6.54 Å². The van der Waals surface area contributed by atoms with E-state index in [2.05, 4.69) is 26.1 Å². The van der Waals surface area contributed by atoms with Crippen LogP contribution in [0.4, 0.5) is 13.6 Å². The highest BCUT2D eigenvalue weighted by atomic mass is 79.9. The summed E-state index contributed by atoms with van der Waals surface area (Å²) in [5.74, 6) is -2.81. The number of hydrogen-bond acceptors (Lipinski definition) is 5. The van der Waals surface area contributed by atoms with E-state index in [0.717, 1.165) is 0 Å². The van der Waals surface area contributed by atoms with Crippen molar-refractivity contribution in [2.24, 2.45) is 5.41 Å². The third-order valence-electron chi connectivity index (χ3n) is 5.55. The maximum absolute atomic E-state index is 15.1. The summed E-state index contributed by atoms with van der Waals surface area (Å²) in [4.78, 5) is 15.5. The monoisotopic (exact) mass is 460 g/mol. The number of carbonyl (C=O) groups is 1. The Balaban J connectivity index is 1.59. The Morgan fingerprint density at radius 3 is 2.36 bits per heavy atom. The van der Waals surface area contributed by atoms with Gasteiger partial charge in [0.15, 0.2) is 0 Å². The fourth-order valence-electron chi connectivity index (χ4n) is 3.93. The minimum absolute atomic E-state index is 0.294. The van der Waals surface area contributed by atoms with E-state index >= 15 is 8.78 Å². The van der Waals surface area contributed by atoms with E-state index < -0.39 is 23.0 Å². The molecule has 1 aromatic rings. The number of carbonyl (C=O) groups excluding carboxylic acids is 1. The summed E-state index contributed by atoms with van der Waals surface area (Å²) in [6.45, 7) is 6.67. The normalized spacial score (nSPS) is 22.3. The smallest absolute Gasteiger partial charge is 0.410 e. The van der Waals surface area contributed by atoms with Crippen molar-refractivity contribution in [2.45, 2.75) is 58.1 Å². The zero-order valence-corrected chi connectivity index (χ0v) is 18.1. The maximum atomic E-state index is 15.1. The van der Waals surface area contributed by atoms with Gasteiger partial charge >= 0.3 is 6.09 Å². The number of hydrogen-bond donors (Lipinski definition) is 0. The minimum Gasteiger partial charge on any atom is -0.444 e. The Bertz CT molecular complexity index is 701. The van der Waals surface area contributed by atoms with Crippen molar-refractivity contribution < 1.29 is 18.3 Å². The van der Waals surface area contributed by atoms with Gasteiger partial charge in [-0.15, -0.1) is 5.10 Å². The van der Waals surface area contributed by atoms with Crippen LogP contribution < -0.4 is 0 Å². The molecule has 1 aromatic heterocycles. The van der Waals surface area contributed by atoms with Crippen molar-refractivity contribution in [3.05, 3.63) is 22.4 Å². The lowest BCUT2D eigenvalue weighted by atomic mass is 9.68. The van der Waals surface area contributed by atoms with E-state index in [4.69, 9.17) is 4.74 Å². The first kappa shape index (κ1) is 21.4. The van der Waals surface area contributed by atoms with Gasteiger partial charge in [0, 0.05) is 25.0 Å². The van der Waals surface area contributed by atoms with Crippen LogP contribution in [0.25, 0.3) is 0 Å². The number of likely N-dealkylation sites (tertiary alicyclic amines) is 2. The number of rotatable bonds is 2. The molecule has 0 aliphatic carbocycles. The molecule has 0 atom stereocenters. The molecule has 2 aliphatic rings. The van der Waals surface area contributed by atoms with Crippen LogP contribution in [0.5, 0.6) is 0 Å². The van der Waals surface area contributed by atoms with Gasteiger partial charge in [-0.3, -0.25) is 4.90 Å². The highest BCUT2D eigenvalue weighted by molar-refractivity contribution is 9.10. The number of alkyl halides is 2. The molecule has 0 bridgehead atoms. The summed E-state index contributed by atoms with van der Waals surface area (Å²) in [7, 11) is 0. The average Bonchev–Trinajstić information content (AvgIpc) is 2.59. The van der Waals surface area contributed by atoms with Gasteiger partial charge in [-0.25, -0.2) is 13.6 Å².